The van der Waals surface area contributed by atoms with Crippen molar-refractivity contribution >= 4 is 12.0 Å². The van der Waals surface area contributed by atoms with Crippen LogP contribution in [0.4, 0.5) is 4.79 Å². The summed E-state index contributed by atoms with van der Waals surface area (Å²) in [5, 5.41) is 14.5. The first-order valence-electron chi connectivity index (χ1n) is 7.58. The van der Waals surface area contributed by atoms with Gasteiger partial charge in [0, 0.05) is 6.54 Å². The summed E-state index contributed by atoms with van der Waals surface area (Å²) in [4.78, 5) is 22.9. The van der Waals surface area contributed by atoms with E-state index in [-0.39, 0.29) is 6.03 Å². The van der Waals surface area contributed by atoms with Gasteiger partial charge in [-0.15, -0.1) is 0 Å². The molecule has 1 aliphatic rings. The number of aliphatic carboxylic acids is 1. The predicted molar refractivity (Wildman–Crippen MR) is 78.6 cm³/mol. The Morgan fingerprint density at radius 3 is 2.30 bits per heavy atom. The highest BCUT2D eigenvalue weighted by atomic mass is 16.4. The maximum absolute atomic E-state index is 11.8. The van der Waals surface area contributed by atoms with E-state index in [1.54, 1.807) is 20.8 Å². The second-order valence-corrected chi connectivity index (χ2v) is 6.83. The fourth-order valence-electron chi connectivity index (χ4n) is 2.70. The molecule has 5 heteroatoms. The molecule has 20 heavy (non-hydrogen) atoms. The van der Waals surface area contributed by atoms with Crippen molar-refractivity contribution in [2.45, 2.75) is 65.3 Å². The minimum Gasteiger partial charge on any atom is -0.480 e. The lowest BCUT2D eigenvalue weighted by Gasteiger charge is -2.28. The Morgan fingerprint density at radius 1 is 1.20 bits per heavy atom. The lowest BCUT2D eigenvalue weighted by Crippen LogP contribution is -2.52. The van der Waals surface area contributed by atoms with Crippen molar-refractivity contribution in [1.29, 1.82) is 0 Å². The summed E-state index contributed by atoms with van der Waals surface area (Å²) in [6.45, 7) is 6.02. The average Bonchev–Trinajstić information content (AvgIpc) is 2.35. The van der Waals surface area contributed by atoms with Gasteiger partial charge in [-0.2, -0.15) is 0 Å². The van der Waals surface area contributed by atoms with Crippen molar-refractivity contribution < 1.29 is 14.7 Å². The topological polar surface area (TPSA) is 78.4 Å². The Morgan fingerprint density at radius 2 is 1.80 bits per heavy atom. The van der Waals surface area contributed by atoms with Crippen LogP contribution in [0.5, 0.6) is 0 Å². The lowest BCUT2D eigenvalue weighted by molar-refractivity contribution is -0.141. The van der Waals surface area contributed by atoms with Gasteiger partial charge in [0.15, 0.2) is 0 Å². The Balaban J connectivity index is 2.29. The van der Waals surface area contributed by atoms with Crippen molar-refractivity contribution in [2.24, 2.45) is 11.3 Å². The number of carbonyl (C=O) groups excluding carboxylic acids is 1. The van der Waals surface area contributed by atoms with Gasteiger partial charge < -0.3 is 15.7 Å². The van der Waals surface area contributed by atoms with E-state index in [2.05, 4.69) is 10.6 Å². The van der Waals surface area contributed by atoms with Gasteiger partial charge in [-0.05, 0) is 17.8 Å². The minimum absolute atomic E-state index is 0.386. The molecular formula is C15H28N2O3. The lowest BCUT2D eigenvalue weighted by atomic mass is 9.87. The Hall–Kier alpha value is -1.26. The molecule has 0 heterocycles. The molecule has 0 radical (unpaired) electrons. The van der Waals surface area contributed by atoms with E-state index in [0.717, 1.165) is 6.42 Å². The maximum atomic E-state index is 11.8. The molecule has 0 bridgehead atoms. The van der Waals surface area contributed by atoms with Crippen molar-refractivity contribution in [1.82, 2.24) is 10.6 Å². The van der Waals surface area contributed by atoms with Gasteiger partial charge in [0.1, 0.15) is 6.04 Å². The van der Waals surface area contributed by atoms with Crippen LogP contribution in [-0.2, 0) is 4.79 Å². The molecule has 1 fully saturated rings. The molecule has 0 aromatic carbocycles. The smallest absolute Gasteiger partial charge is 0.326 e. The zero-order valence-electron chi connectivity index (χ0n) is 12.9. The number of rotatable bonds is 5. The fraction of sp³-hybridized carbons (Fsp3) is 0.867. The summed E-state index contributed by atoms with van der Waals surface area (Å²) < 4.78 is 0. The van der Waals surface area contributed by atoms with Gasteiger partial charge in [0.2, 0.25) is 0 Å². The monoisotopic (exact) mass is 284 g/mol. The number of amides is 2. The molecule has 1 atom stereocenters. The number of carboxylic acids is 1. The summed E-state index contributed by atoms with van der Waals surface area (Å²) in [5.41, 5.74) is -0.507. The highest BCUT2D eigenvalue weighted by molar-refractivity contribution is 5.83. The van der Waals surface area contributed by atoms with Gasteiger partial charge >= 0.3 is 12.0 Å². The van der Waals surface area contributed by atoms with Crippen LogP contribution in [0.2, 0.25) is 0 Å². The van der Waals surface area contributed by atoms with E-state index >= 15 is 0 Å². The number of nitrogens with one attached hydrogen (secondary N) is 2. The number of urea groups is 1. The molecule has 0 aromatic heterocycles. The molecular weight excluding hydrogens is 256 g/mol. The molecule has 1 saturated carbocycles. The number of carboxylic acid groups (broad SMARTS) is 1. The molecule has 0 aliphatic heterocycles. The Bertz CT molecular complexity index is 331. The zero-order chi connectivity index (χ0) is 15.2. The van der Waals surface area contributed by atoms with E-state index < -0.39 is 17.4 Å². The van der Waals surface area contributed by atoms with Crippen LogP contribution >= 0.6 is 0 Å². The summed E-state index contributed by atoms with van der Waals surface area (Å²) in [6, 6.07) is -1.26. The zero-order valence-corrected chi connectivity index (χ0v) is 12.9. The molecule has 0 unspecified atom stereocenters. The standard InChI is InChI=1S/C15H28N2O3/c1-15(2,3)12(13(18)19)17-14(20)16-10-9-11-7-5-4-6-8-11/h11-12H,4-10H2,1-3H3,(H,18,19)(H2,16,17,20)/t12-/m0/s1. The van der Waals surface area contributed by atoms with Crippen LogP contribution < -0.4 is 10.6 Å². The van der Waals surface area contributed by atoms with Crippen molar-refractivity contribution in [2.75, 3.05) is 6.54 Å². The minimum atomic E-state index is -1.00. The number of carbonyl (C=O) groups is 2. The second-order valence-electron chi connectivity index (χ2n) is 6.83. The highest BCUT2D eigenvalue weighted by Gasteiger charge is 2.32. The van der Waals surface area contributed by atoms with Gasteiger partial charge in [0.25, 0.3) is 0 Å². The highest BCUT2D eigenvalue weighted by Crippen LogP contribution is 2.25. The Kier molecular flexibility index (Phi) is 6.30. The first-order valence-corrected chi connectivity index (χ1v) is 7.58. The Labute approximate surface area is 121 Å². The van der Waals surface area contributed by atoms with Crippen molar-refractivity contribution in [3.05, 3.63) is 0 Å². The van der Waals surface area contributed by atoms with E-state index in [1.165, 1.54) is 32.1 Å². The SMILES string of the molecule is CC(C)(C)[C@@H](NC(=O)NCCC1CCCCC1)C(=O)O. The first kappa shape index (κ1) is 16.8. The first-order chi connectivity index (χ1) is 9.30. The molecule has 1 aliphatic carbocycles. The molecule has 2 amide bonds. The molecule has 5 nitrogen and oxygen atoms in total. The molecule has 0 aromatic rings. The van der Waals surface area contributed by atoms with E-state index in [0.29, 0.717) is 12.5 Å². The average molecular weight is 284 g/mol. The third-order valence-electron chi connectivity index (χ3n) is 3.95. The van der Waals surface area contributed by atoms with Crippen molar-refractivity contribution in [3.63, 3.8) is 0 Å². The predicted octanol–water partition coefficient (Wildman–Crippen LogP) is 2.76. The van der Waals surface area contributed by atoms with Gasteiger partial charge in [-0.1, -0.05) is 52.9 Å². The number of hydrogen-bond acceptors (Lipinski definition) is 2. The van der Waals surface area contributed by atoms with Crippen LogP contribution in [0.1, 0.15) is 59.3 Å². The largest absolute Gasteiger partial charge is 0.480 e. The van der Waals surface area contributed by atoms with Crippen molar-refractivity contribution in [3.8, 4) is 0 Å². The van der Waals surface area contributed by atoms with Gasteiger partial charge in [0.05, 0.1) is 0 Å². The molecule has 1 rings (SSSR count). The summed E-state index contributed by atoms with van der Waals surface area (Å²) in [6.07, 6.45) is 7.41. The van der Waals surface area contributed by atoms with Gasteiger partial charge in [-0.25, -0.2) is 9.59 Å². The van der Waals surface area contributed by atoms with Gasteiger partial charge in [-0.3, -0.25) is 0 Å². The molecule has 0 saturated heterocycles. The second kappa shape index (κ2) is 7.50. The summed E-state index contributed by atoms with van der Waals surface area (Å²) in [7, 11) is 0. The molecule has 116 valence electrons. The van der Waals surface area contributed by atoms with E-state index in [4.69, 9.17) is 5.11 Å². The van der Waals surface area contributed by atoms with E-state index in [1.807, 2.05) is 0 Å². The molecule has 3 N–H and O–H groups in total. The maximum Gasteiger partial charge on any atom is 0.326 e. The third kappa shape index (κ3) is 5.80. The van der Waals surface area contributed by atoms with Crippen LogP contribution in [0, 0.1) is 11.3 Å². The molecule has 0 spiro atoms. The fourth-order valence-corrected chi connectivity index (χ4v) is 2.70. The van der Waals surface area contributed by atoms with E-state index in [9.17, 15) is 9.59 Å². The normalized spacial score (nSPS) is 18.4. The summed E-state index contributed by atoms with van der Waals surface area (Å²) in [5.74, 6) is -0.290. The summed E-state index contributed by atoms with van der Waals surface area (Å²) >= 11 is 0. The van der Waals surface area contributed by atoms with Crippen LogP contribution in [0.15, 0.2) is 0 Å². The number of hydrogen-bond donors (Lipinski definition) is 3. The van der Waals surface area contributed by atoms with Crippen LogP contribution in [0.3, 0.4) is 0 Å². The van der Waals surface area contributed by atoms with Crippen LogP contribution in [0.25, 0.3) is 0 Å². The van der Waals surface area contributed by atoms with Crippen LogP contribution in [-0.4, -0.2) is 29.7 Å². The third-order valence-corrected chi connectivity index (χ3v) is 3.95. The quantitative estimate of drug-likeness (QED) is 0.726.